The van der Waals surface area contributed by atoms with Gasteiger partial charge >= 0.3 is 6.36 Å². The molecule has 0 saturated heterocycles. The molecule has 5 heteroatoms. The molecule has 0 aromatic heterocycles. The van der Waals surface area contributed by atoms with Gasteiger partial charge in [0.2, 0.25) is 0 Å². The summed E-state index contributed by atoms with van der Waals surface area (Å²) in [6, 6.07) is 0. The van der Waals surface area contributed by atoms with E-state index in [1.54, 1.807) is 0 Å². The molecule has 0 aliphatic carbocycles. The number of rotatable bonds is 5. The van der Waals surface area contributed by atoms with Gasteiger partial charge in [-0.25, -0.2) is 0 Å². The molecule has 0 aromatic carbocycles. The van der Waals surface area contributed by atoms with Gasteiger partial charge in [0.1, 0.15) is 0 Å². The van der Waals surface area contributed by atoms with E-state index in [9.17, 15) is 13.2 Å². The van der Waals surface area contributed by atoms with Gasteiger partial charge < -0.3 is 9.47 Å². The molecule has 0 aliphatic rings. The summed E-state index contributed by atoms with van der Waals surface area (Å²) in [5.41, 5.74) is 0. The van der Waals surface area contributed by atoms with Crippen LogP contribution in [0.25, 0.3) is 0 Å². The molecule has 0 atom stereocenters. The van der Waals surface area contributed by atoms with E-state index in [0.717, 1.165) is 18.9 Å². The first-order valence-corrected chi connectivity index (χ1v) is 4.41. The third-order valence-corrected chi connectivity index (χ3v) is 1.15. The normalized spacial score (nSPS) is 10.0. The molecule has 0 aromatic rings. The third-order valence-electron chi connectivity index (χ3n) is 1.15. The van der Waals surface area contributed by atoms with Gasteiger partial charge in [-0.05, 0) is 12.3 Å². The standard InChI is InChI=1S/C7H14O.C3H3F3O/c1-4-8-6-5-7(2)3;1-2-7-3(4,5)6/h4,7H,1,5-6H2,2-3H3;2H,1H2. The SMILES string of the molecule is C=COC(F)(F)F.C=COCCC(C)C. The average molecular weight is 226 g/mol. The van der Waals surface area contributed by atoms with Gasteiger partial charge in [0.25, 0.3) is 0 Å². The maximum Gasteiger partial charge on any atom is 0.572 e. The van der Waals surface area contributed by atoms with Crippen LogP contribution >= 0.6 is 0 Å². The average Bonchev–Trinajstić information content (AvgIpc) is 2.02. The summed E-state index contributed by atoms with van der Waals surface area (Å²) >= 11 is 0. The monoisotopic (exact) mass is 226 g/mol. The molecule has 0 spiro atoms. The summed E-state index contributed by atoms with van der Waals surface area (Å²) in [6.07, 6.45) is -1.63. The Labute approximate surface area is 88.4 Å². The lowest BCUT2D eigenvalue weighted by Gasteiger charge is -2.01. The van der Waals surface area contributed by atoms with Crippen LogP contribution in [0.5, 0.6) is 0 Å². The van der Waals surface area contributed by atoms with E-state index in [4.69, 9.17) is 4.74 Å². The molecule has 2 nitrogen and oxygen atoms in total. The molecule has 0 aliphatic heterocycles. The molecule has 0 heterocycles. The van der Waals surface area contributed by atoms with Crippen LogP contribution in [-0.4, -0.2) is 13.0 Å². The fraction of sp³-hybridized carbons (Fsp3) is 0.600. The lowest BCUT2D eigenvalue weighted by molar-refractivity contribution is -0.297. The lowest BCUT2D eigenvalue weighted by Crippen LogP contribution is -2.07. The third kappa shape index (κ3) is 24.6. The Bertz CT molecular complexity index is 165. The predicted octanol–water partition coefficient (Wildman–Crippen LogP) is 3.86. The maximum atomic E-state index is 10.8. The Hall–Kier alpha value is -1.13. The van der Waals surface area contributed by atoms with Crippen LogP contribution in [0.15, 0.2) is 25.7 Å². The van der Waals surface area contributed by atoms with E-state index in [0.29, 0.717) is 6.26 Å². The zero-order valence-corrected chi connectivity index (χ0v) is 9.01. The van der Waals surface area contributed by atoms with Gasteiger partial charge in [-0.2, -0.15) is 0 Å². The number of hydrogen-bond acceptors (Lipinski definition) is 2. The molecule has 90 valence electrons. The topological polar surface area (TPSA) is 18.5 Å². The van der Waals surface area contributed by atoms with Crippen LogP contribution in [0, 0.1) is 5.92 Å². The van der Waals surface area contributed by atoms with Crippen molar-refractivity contribution in [1.29, 1.82) is 0 Å². The molecule has 0 amide bonds. The minimum absolute atomic E-state index is 0.333. The molecule has 0 fully saturated rings. The first-order chi connectivity index (χ1) is 6.83. The van der Waals surface area contributed by atoms with Crippen molar-refractivity contribution in [2.24, 2.45) is 5.92 Å². The van der Waals surface area contributed by atoms with Gasteiger partial charge in [-0.15, -0.1) is 13.2 Å². The van der Waals surface area contributed by atoms with Crippen LogP contribution in [0.4, 0.5) is 13.2 Å². The van der Waals surface area contributed by atoms with E-state index in [2.05, 4.69) is 31.7 Å². The summed E-state index contributed by atoms with van der Waals surface area (Å²) in [4.78, 5) is 0. The molecule has 0 N–H and O–H groups in total. The van der Waals surface area contributed by atoms with Crippen molar-refractivity contribution >= 4 is 0 Å². The Morgan fingerprint density at radius 3 is 1.93 bits per heavy atom. The highest BCUT2D eigenvalue weighted by Gasteiger charge is 2.28. The van der Waals surface area contributed by atoms with Crippen LogP contribution in [0.3, 0.4) is 0 Å². The zero-order valence-electron chi connectivity index (χ0n) is 9.01. The number of ether oxygens (including phenoxy) is 2. The van der Waals surface area contributed by atoms with E-state index in [1.165, 1.54) is 6.26 Å². The van der Waals surface area contributed by atoms with Gasteiger partial charge in [-0.1, -0.05) is 27.0 Å². The molecule has 15 heavy (non-hydrogen) atoms. The molecular formula is C10H17F3O2. The largest absolute Gasteiger partial charge is 0.572 e. The van der Waals surface area contributed by atoms with Crippen molar-refractivity contribution in [3.05, 3.63) is 25.7 Å². The molecular weight excluding hydrogens is 209 g/mol. The van der Waals surface area contributed by atoms with E-state index >= 15 is 0 Å². The quantitative estimate of drug-likeness (QED) is 0.523. The van der Waals surface area contributed by atoms with Crippen LogP contribution in [-0.2, 0) is 9.47 Å². The summed E-state index contributed by atoms with van der Waals surface area (Å²) in [6.45, 7) is 11.3. The van der Waals surface area contributed by atoms with E-state index in [-0.39, 0.29) is 0 Å². The number of alkyl halides is 3. The van der Waals surface area contributed by atoms with Gasteiger partial charge in [0.15, 0.2) is 0 Å². The van der Waals surface area contributed by atoms with Crippen molar-refractivity contribution in [1.82, 2.24) is 0 Å². The van der Waals surface area contributed by atoms with Crippen LogP contribution in [0.2, 0.25) is 0 Å². The Balaban J connectivity index is 0. The second-order valence-electron chi connectivity index (χ2n) is 2.95. The van der Waals surface area contributed by atoms with Crippen molar-refractivity contribution in [3.8, 4) is 0 Å². The predicted molar refractivity (Wildman–Crippen MR) is 52.9 cm³/mol. The molecule has 0 saturated carbocycles. The second kappa shape index (κ2) is 9.43. The fourth-order valence-corrected chi connectivity index (χ4v) is 0.482. The molecule has 0 rings (SSSR count). The highest BCUT2D eigenvalue weighted by molar-refractivity contribution is 4.50. The van der Waals surface area contributed by atoms with Crippen molar-refractivity contribution in [2.75, 3.05) is 6.61 Å². The van der Waals surface area contributed by atoms with Gasteiger partial charge in [0, 0.05) is 0 Å². The summed E-state index contributed by atoms with van der Waals surface area (Å²) in [5.74, 6) is 0.731. The lowest BCUT2D eigenvalue weighted by atomic mass is 10.1. The van der Waals surface area contributed by atoms with Crippen LogP contribution in [0.1, 0.15) is 20.3 Å². The summed E-state index contributed by atoms with van der Waals surface area (Å²) in [7, 11) is 0. The minimum atomic E-state index is -4.57. The van der Waals surface area contributed by atoms with Crippen molar-refractivity contribution < 1.29 is 22.6 Å². The molecule has 0 bridgehead atoms. The minimum Gasteiger partial charge on any atom is -0.502 e. The number of hydrogen-bond donors (Lipinski definition) is 0. The first-order valence-electron chi connectivity index (χ1n) is 4.41. The Morgan fingerprint density at radius 2 is 1.73 bits per heavy atom. The molecule has 0 radical (unpaired) electrons. The fourth-order valence-electron chi connectivity index (χ4n) is 0.482. The zero-order chi connectivity index (χ0) is 12.3. The summed E-state index contributed by atoms with van der Waals surface area (Å²) < 4.78 is 40.2. The molecule has 0 unspecified atom stereocenters. The summed E-state index contributed by atoms with van der Waals surface area (Å²) in [5, 5.41) is 0. The maximum absolute atomic E-state index is 10.8. The number of halogens is 3. The van der Waals surface area contributed by atoms with Gasteiger partial charge in [0.05, 0.1) is 19.1 Å². The smallest absolute Gasteiger partial charge is 0.502 e. The van der Waals surface area contributed by atoms with Crippen LogP contribution < -0.4 is 0 Å². The second-order valence-corrected chi connectivity index (χ2v) is 2.95. The van der Waals surface area contributed by atoms with E-state index in [1.807, 2.05) is 0 Å². The van der Waals surface area contributed by atoms with E-state index < -0.39 is 6.36 Å². The highest BCUT2D eigenvalue weighted by atomic mass is 19.4. The van der Waals surface area contributed by atoms with Crippen molar-refractivity contribution in [3.63, 3.8) is 0 Å². The van der Waals surface area contributed by atoms with Gasteiger partial charge in [-0.3, -0.25) is 0 Å². The Morgan fingerprint density at radius 1 is 1.20 bits per heavy atom. The highest BCUT2D eigenvalue weighted by Crippen LogP contribution is 2.15. The van der Waals surface area contributed by atoms with Crippen molar-refractivity contribution in [2.45, 2.75) is 26.6 Å². The first kappa shape index (κ1) is 16.3. The Kier molecular flexibility index (Phi) is 10.2.